The number of carbonyl (C=O) groups excluding carboxylic acids is 1. The monoisotopic (exact) mass is 270 g/mol. The lowest BCUT2D eigenvalue weighted by Crippen LogP contribution is -2.30. The van der Waals surface area contributed by atoms with Crippen LogP contribution in [0.5, 0.6) is 0 Å². The Morgan fingerprint density at radius 3 is 2.42 bits per heavy atom. The minimum absolute atomic E-state index is 0.174. The van der Waals surface area contributed by atoms with Crippen molar-refractivity contribution in [1.82, 2.24) is 0 Å². The quantitative estimate of drug-likeness (QED) is 0.557. The molecule has 1 rings (SSSR count). The topological polar surface area (TPSA) is 35.5 Å². The number of hydrogen-bond donors (Lipinski definition) is 0. The van der Waals surface area contributed by atoms with Crippen molar-refractivity contribution in [2.45, 2.75) is 59.8 Å². The van der Waals surface area contributed by atoms with Crippen molar-refractivity contribution in [2.24, 2.45) is 5.41 Å². The summed E-state index contributed by atoms with van der Waals surface area (Å²) in [6.45, 7) is 13.8. The van der Waals surface area contributed by atoms with Crippen LogP contribution in [0.15, 0.2) is 12.2 Å². The fourth-order valence-electron chi connectivity index (χ4n) is 1.70. The van der Waals surface area contributed by atoms with E-state index in [1.54, 1.807) is 6.92 Å². The van der Waals surface area contributed by atoms with Crippen LogP contribution in [0, 0.1) is 5.41 Å². The highest BCUT2D eigenvalue weighted by Crippen LogP contribution is 2.31. The van der Waals surface area contributed by atoms with E-state index in [1.165, 1.54) is 12.8 Å². The second-order valence-corrected chi connectivity index (χ2v) is 5.63. The molecule has 1 aliphatic rings. The van der Waals surface area contributed by atoms with Gasteiger partial charge in [-0.1, -0.05) is 40.2 Å². The molecule has 0 radical (unpaired) electrons. The summed E-state index contributed by atoms with van der Waals surface area (Å²) in [5, 5.41) is 0. The molecule has 0 aromatic heterocycles. The number of rotatable bonds is 5. The van der Waals surface area contributed by atoms with Gasteiger partial charge in [0.15, 0.2) is 0 Å². The zero-order valence-corrected chi connectivity index (χ0v) is 13.1. The van der Waals surface area contributed by atoms with Crippen LogP contribution in [0.2, 0.25) is 0 Å². The molecule has 112 valence electrons. The molecule has 0 aliphatic carbocycles. The van der Waals surface area contributed by atoms with Crippen molar-refractivity contribution >= 4 is 5.97 Å². The summed E-state index contributed by atoms with van der Waals surface area (Å²) in [7, 11) is 0. The highest BCUT2D eigenvalue weighted by atomic mass is 16.5. The SMILES string of the molecule is C=C(C)C(=O)OCCC1(C)CCCOC1.CCCC. The van der Waals surface area contributed by atoms with E-state index in [9.17, 15) is 4.79 Å². The summed E-state index contributed by atoms with van der Waals surface area (Å²) >= 11 is 0. The molecule has 0 amide bonds. The van der Waals surface area contributed by atoms with Gasteiger partial charge >= 0.3 is 5.97 Å². The van der Waals surface area contributed by atoms with Crippen molar-refractivity contribution in [2.75, 3.05) is 19.8 Å². The summed E-state index contributed by atoms with van der Waals surface area (Å²) < 4.78 is 10.5. The fourth-order valence-corrected chi connectivity index (χ4v) is 1.70. The first-order valence-corrected chi connectivity index (χ1v) is 7.35. The van der Waals surface area contributed by atoms with Crippen molar-refractivity contribution < 1.29 is 14.3 Å². The van der Waals surface area contributed by atoms with E-state index in [0.29, 0.717) is 12.2 Å². The van der Waals surface area contributed by atoms with Gasteiger partial charge in [-0.3, -0.25) is 0 Å². The summed E-state index contributed by atoms with van der Waals surface area (Å²) in [6.07, 6.45) is 5.76. The van der Waals surface area contributed by atoms with E-state index in [-0.39, 0.29) is 11.4 Å². The highest BCUT2D eigenvalue weighted by Gasteiger charge is 2.27. The molecular formula is C16H30O3. The van der Waals surface area contributed by atoms with E-state index in [0.717, 1.165) is 32.5 Å². The molecule has 3 heteroatoms. The van der Waals surface area contributed by atoms with Gasteiger partial charge in [-0.05, 0) is 31.6 Å². The Morgan fingerprint density at radius 1 is 1.37 bits per heavy atom. The van der Waals surface area contributed by atoms with Gasteiger partial charge in [0.25, 0.3) is 0 Å². The number of esters is 1. The average molecular weight is 270 g/mol. The van der Waals surface area contributed by atoms with Crippen LogP contribution >= 0.6 is 0 Å². The van der Waals surface area contributed by atoms with Crippen LogP contribution in [-0.4, -0.2) is 25.8 Å². The van der Waals surface area contributed by atoms with E-state index in [4.69, 9.17) is 9.47 Å². The van der Waals surface area contributed by atoms with Crippen molar-refractivity contribution in [1.29, 1.82) is 0 Å². The lowest BCUT2D eigenvalue weighted by atomic mass is 9.82. The maximum atomic E-state index is 11.1. The molecule has 1 saturated heterocycles. The predicted octanol–water partition coefficient (Wildman–Crippen LogP) is 4.12. The molecule has 1 heterocycles. The first-order valence-electron chi connectivity index (χ1n) is 7.35. The van der Waals surface area contributed by atoms with Crippen molar-refractivity contribution in [3.8, 4) is 0 Å². The van der Waals surface area contributed by atoms with Crippen LogP contribution in [0.3, 0.4) is 0 Å². The van der Waals surface area contributed by atoms with Crippen LogP contribution in [0.25, 0.3) is 0 Å². The lowest BCUT2D eigenvalue weighted by Gasteiger charge is -2.33. The molecule has 0 saturated carbocycles. The Kier molecular flexibility index (Phi) is 9.58. The first-order chi connectivity index (χ1) is 8.95. The van der Waals surface area contributed by atoms with Gasteiger partial charge in [-0.2, -0.15) is 0 Å². The second-order valence-electron chi connectivity index (χ2n) is 5.63. The van der Waals surface area contributed by atoms with E-state index in [1.807, 2.05) is 0 Å². The molecule has 0 aromatic rings. The van der Waals surface area contributed by atoms with E-state index in [2.05, 4.69) is 27.4 Å². The Balaban J connectivity index is 0.000000711. The Labute approximate surface area is 118 Å². The minimum atomic E-state index is -0.296. The first kappa shape index (κ1) is 18.2. The van der Waals surface area contributed by atoms with E-state index < -0.39 is 0 Å². The molecule has 3 nitrogen and oxygen atoms in total. The number of carbonyl (C=O) groups is 1. The van der Waals surface area contributed by atoms with Crippen LogP contribution < -0.4 is 0 Å². The molecule has 0 bridgehead atoms. The van der Waals surface area contributed by atoms with Crippen LogP contribution in [0.4, 0.5) is 0 Å². The van der Waals surface area contributed by atoms with Gasteiger partial charge in [0, 0.05) is 12.2 Å². The van der Waals surface area contributed by atoms with Gasteiger partial charge in [-0.15, -0.1) is 0 Å². The lowest BCUT2D eigenvalue weighted by molar-refractivity contribution is -0.140. The third-order valence-electron chi connectivity index (χ3n) is 3.31. The number of ether oxygens (including phenoxy) is 2. The third-order valence-corrected chi connectivity index (χ3v) is 3.31. The summed E-state index contributed by atoms with van der Waals surface area (Å²) in [6, 6.07) is 0. The molecule has 19 heavy (non-hydrogen) atoms. The second kappa shape index (κ2) is 10.0. The predicted molar refractivity (Wildman–Crippen MR) is 79.1 cm³/mol. The van der Waals surface area contributed by atoms with Gasteiger partial charge in [0.05, 0.1) is 13.2 Å². The maximum Gasteiger partial charge on any atom is 0.333 e. The molecule has 1 aliphatic heterocycles. The smallest absolute Gasteiger partial charge is 0.333 e. The van der Waals surface area contributed by atoms with Gasteiger partial charge < -0.3 is 9.47 Å². The maximum absolute atomic E-state index is 11.1. The number of unbranched alkanes of at least 4 members (excludes halogenated alkanes) is 1. The van der Waals surface area contributed by atoms with Gasteiger partial charge in [0.1, 0.15) is 0 Å². The third kappa shape index (κ3) is 8.82. The highest BCUT2D eigenvalue weighted by molar-refractivity contribution is 5.86. The fraction of sp³-hybridized carbons (Fsp3) is 0.812. The summed E-state index contributed by atoms with van der Waals surface area (Å²) in [4.78, 5) is 11.1. The standard InChI is InChI=1S/C12H20O3.C4H10/c1-10(2)11(13)15-8-6-12(3)5-4-7-14-9-12;1-3-4-2/h1,4-9H2,2-3H3;3-4H2,1-2H3. The van der Waals surface area contributed by atoms with Crippen LogP contribution in [0.1, 0.15) is 59.8 Å². The largest absolute Gasteiger partial charge is 0.462 e. The molecule has 1 fully saturated rings. The van der Waals surface area contributed by atoms with Crippen molar-refractivity contribution in [3.63, 3.8) is 0 Å². The molecular weight excluding hydrogens is 240 g/mol. The normalized spacial score (nSPS) is 22.1. The van der Waals surface area contributed by atoms with Crippen molar-refractivity contribution in [3.05, 3.63) is 12.2 Å². The Bertz CT molecular complexity index is 263. The summed E-state index contributed by atoms with van der Waals surface area (Å²) in [5.41, 5.74) is 0.633. The molecule has 1 atom stereocenters. The zero-order chi connectivity index (χ0) is 14.7. The molecule has 0 N–H and O–H groups in total. The Morgan fingerprint density at radius 2 is 2.00 bits per heavy atom. The van der Waals surface area contributed by atoms with Crippen LogP contribution in [-0.2, 0) is 14.3 Å². The number of hydrogen-bond acceptors (Lipinski definition) is 3. The minimum Gasteiger partial charge on any atom is -0.462 e. The summed E-state index contributed by atoms with van der Waals surface area (Å²) in [5.74, 6) is -0.296. The van der Waals surface area contributed by atoms with Gasteiger partial charge in [0.2, 0.25) is 0 Å². The average Bonchev–Trinajstić information content (AvgIpc) is 2.39. The molecule has 0 spiro atoms. The zero-order valence-electron chi connectivity index (χ0n) is 13.1. The molecule has 1 unspecified atom stereocenters. The van der Waals surface area contributed by atoms with Gasteiger partial charge in [-0.25, -0.2) is 4.79 Å². The molecule has 0 aromatic carbocycles. The van der Waals surface area contributed by atoms with E-state index >= 15 is 0 Å². The Hall–Kier alpha value is -0.830.